The molecule has 4 aromatic rings. The van der Waals surface area contributed by atoms with Crippen LogP contribution in [0.3, 0.4) is 0 Å². The Hall–Kier alpha value is -4.11. The number of H-pyrrole nitrogens is 1. The third-order valence-electron chi connectivity index (χ3n) is 5.96. The Balaban J connectivity index is 1.45. The van der Waals surface area contributed by atoms with Crippen LogP contribution in [0.4, 0.5) is 13.2 Å². The van der Waals surface area contributed by atoms with E-state index in [4.69, 9.17) is 9.47 Å². The molecule has 1 aromatic heterocycles. The van der Waals surface area contributed by atoms with E-state index in [9.17, 15) is 22.8 Å². The number of aromatic amines is 1. The van der Waals surface area contributed by atoms with Crippen molar-refractivity contribution >= 4 is 16.7 Å². The molecule has 6 nitrogen and oxygen atoms in total. The van der Waals surface area contributed by atoms with Crippen LogP contribution in [0.25, 0.3) is 10.8 Å². The maximum atomic E-state index is 14.1. The second-order valence-electron chi connectivity index (χ2n) is 8.19. The van der Waals surface area contributed by atoms with Gasteiger partial charge in [-0.05, 0) is 53.9 Å². The number of rotatable bonds is 4. The van der Waals surface area contributed by atoms with Crippen molar-refractivity contribution in [3.8, 4) is 11.5 Å². The predicted molar refractivity (Wildman–Crippen MR) is 122 cm³/mol. The van der Waals surface area contributed by atoms with Gasteiger partial charge >= 0.3 is 0 Å². The third kappa shape index (κ3) is 4.26. The Labute approximate surface area is 197 Å². The van der Waals surface area contributed by atoms with Crippen molar-refractivity contribution in [1.29, 1.82) is 0 Å². The molecule has 0 spiro atoms. The number of pyridine rings is 1. The fourth-order valence-corrected chi connectivity index (χ4v) is 4.22. The van der Waals surface area contributed by atoms with E-state index >= 15 is 0 Å². The number of likely N-dealkylation sites (N-methyl/N-ethyl adjacent to an activating group) is 1. The van der Waals surface area contributed by atoms with E-state index in [0.717, 1.165) is 12.1 Å². The van der Waals surface area contributed by atoms with E-state index in [-0.39, 0.29) is 29.9 Å². The third-order valence-corrected chi connectivity index (χ3v) is 5.96. The maximum absolute atomic E-state index is 14.1. The van der Waals surface area contributed by atoms with Crippen molar-refractivity contribution in [2.45, 2.75) is 12.6 Å². The zero-order valence-electron chi connectivity index (χ0n) is 18.5. The lowest BCUT2D eigenvalue weighted by molar-refractivity contribution is 0.0335. The van der Waals surface area contributed by atoms with Gasteiger partial charge in [-0.15, -0.1) is 0 Å². The molecule has 1 amide bonds. The van der Waals surface area contributed by atoms with Crippen LogP contribution < -0.4 is 10.3 Å². The molecule has 9 heteroatoms. The van der Waals surface area contributed by atoms with Crippen molar-refractivity contribution in [3.05, 3.63) is 105 Å². The van der Waals surface area contributed by atoms with Gasteiger partial charge in [0.1, 0.15) is 17.3 Å². The molecule has 178 valence electrons. The van der Waals surface area contributed by atoms with Gasteiger partial charge in [0.15, 0.2) is 11.6 Å². The summed E-state index contributed by atoms with van der Waals surface area (Å²) in [5, 5.41) is 0.226. The molecular weight excluding hydrogens is 461 g/mol. The summed E-state index contributed by atoms with van der Waals surface area (Å²) in [6.45, 7) is 0.181. The zero-order valence-corrected chi connectivity index (χ0v) is 18.5. The lowest BCUT2D eigenvalue weighted by Crippen LogP contribution is -2.37. The number of fused-ring (bicyclic) bond motifs is 3. The molecule has 35 heavy (non-hydrogen) atoms. The number of benzene rings is 3. The van der Waals surface area contributed by atoms with Gasteiger partial charge in [0, 0.05) is 29.9 Å². The Morgan fingerprint density at radius 1 is 1.00 bits per heavy atom. The molecule has 0 saturated heterocycles. The molecular formula is C26H19F3N2O4. The average molecular weight is 480 g/mol. The highest BCUT2D eigenvalue weighted by Crippen LogP contribution is 2.34. The van der Waals surface area contributed by atoms with E-state index in [0.29, 0.717) is 28.3 Å². The van der Waals surface area contributed by atoms with E-state index in [1.54, 1.807) is 37.4 Å². The van der Waals surface area contributed by atoms with E-state index in [2.05, 4.69) is 4.98 Å². The van der Waals surface area contributed by atoms with Gasteiger partial charge in [0.2, 0.25) is 0 Å². The van der Waals surface area contributed by atoms with Gasteiger partial charge in [-0.2, -0.15) is 0 Å². The fraction of sp³-hybridized carbons (Fsp3) is 0.154. The molecule has 1 atom stereocenters. The molecule has 5 rings (SSSR count). The van der Waals surface area contributed by atoms with Crippen molar-refractivity contribution < 1.29 is 27.4 Å². The zero-order chi connectivity index (χ0) is 24.7. The summed E-state index contributed by atoms with van der Waals surface area (Å²) in [6.07, 6.45) is 0. The van der Waals surface area contributed by atoms with Crippen LogP contribution in [-0.4, -0.2) is 29.4 Å². The highest BCUT2D eigenvalue weighted by Gasteiger charge is 2.31. The minimum atomic E-state index is -1.13. The Kier molecular flexibility index (Phi) is 5.78. The van der Waals surface area contributed by atoms with Crippen LogP contribution in [0.1, 0.15) is 27.7 Å². The van der Waals surface area contributed by atoms with Gasteiger partial charge < -0.3 is 19.4 Å². The van der Waals surface area contributed by atoms with Crippen LogP contribution in [0, 0.1) is 17.5 Å². The van der Waals surface area contributed by atoms with Gasteiger partial charge in [-0.25, -0.2) is 13.2 Å². The number of carbonyl (C=O) groups excluding carboxylic acids is 1. The Bertz CT molecular complexity index is 1500. The van der Waals surface area contributed by atoms with Crippen molar-refractivity contribution in [2.75, 3.05) is 13.7 Å². The number of hydrogen-bond acceptors (Lipinski definition) is 4. The van der Waals surface area contributed by atoms with Gasteiger partial charge in [-0.1, -0.05) is 6.07 Å². The maximum Gasteiger partial charge on any atom is 0.256 e. The van der Waals surface area contributed by atoms with Crippen LogP contribution in [0.15, 0.2) is 65.5 Å². The smallest absolute Gasteiger partial charge is 0.256 e. The molecule has 0 radical (unpaired) electrons. The molecule has 3 aromatic carbocycles. The van der Waals surface area contributed by atoms with Gasteiger partial charge in [0.25, 0.3) is 11.5 Å². The standard InChI is InChI=1S/C26H19F3N2O4/c1-31(26(33)14-5-7-16(8-6-14)35-17-4-2-3-15(27)9-17)23-13-34-12-22-24(23)18-10-20(28)21(29)11-19(18)25(32)30-22/h2-11,23H,12-13H2,1H3,(H,30,32)/t23-/m0/s1. The summed E-state index contributed by atoms with van der Waals surface area (Å²) in [5.74, 6) is -2.26. The Morgan fingerprint density at radius 3 is 2.43 bits per heavy atom. The number of hydrogen-bond donors (Lipinski definition) is 1. The summed E-state index contributed by atoms with van der Waals surface area (Å²) >= 11 is 0. The molecule has 0 bridgehead atoms. The van der Waals surface area contributed by atoms with Crippen LogP contribution >= 0.6 is 0 Å². The number of halogens is 3. The highest BCUT2D eigenvalue weighted by molar-refractivity contribution is 5.95. The second-order valence-corrected chi connectivity index (χ2v) is 8.19. The molecule has 1 aliphatic heterocycles. The first kappa shape index (κ1) is 22.7. The first-order valence-electron chi connectivity index (χ1n) is 10.7. The first-order chi connectivity index (χ1) is 16.8. The minimum Gasteiger partial charge on any atom is -0.457 e. The number of nitrogens with zero attached hydrogens (tertiary/aromatic N) is 1. The predicted octanol–water partition coefficient (Wildman–Crippen LogP) is 5.08. The van der Waals surface area contributed by atoms with E-state index < -0.39 is 29.1 Å². The molecule has 0 aliphatic carbocycles. The second kappa shape index (κ2) is 8.92. The average Bonchev–Trinajstić information content (AvgIpc) is 2.84. The van der Waals surface area contributed by atoms with Gasteiger partial charge in [-0.3, -0.25) is 9.59 Å². The van der Waals surface area contributed by atoms with Crippen LogP contribution in [0.2, 0.25) is 0 Å². The summed E-state index contributed by atoms with van der Waals surface area (Å²) in [5.41, 5.74) is 0.692. The van der Waals surface area contributed by atoms with Crippen LogP contribution in [-0.2, 0) is 11.3 Å². The van der Waals surface area contributed by atoms with Crippen molar-refractivity contribution in [1.82, 2.24) is 9.88 Å². The molecule has 1 aliphatic rings. The summed E-state index contributed by atoms with van der Waals surface area (Å²) < 4.78 is 52.5. The van der Waals surface area contributed by atoms with E-state index in [1.807, 2.05) is 0 Å². The number of aromatic nitrogens is 1. The Morgan fingerprint density at radius 2 is 1.71 bits per heavy atom. The topological polar surface area (TPSA) is 71.6 Å². The first-order valence-corrected chi connectivity index (χ1v) is 10.7. The van der Waals surface area contributed by atoms with Crippen molar-refractivity contribution in [2.24, 2.45) is 0 Å². The molecule has 1 N–H and O–H groups in total. The largest absolute Gasteiger partial charge is 0.457 e. The SMILES string of the molecule is CN(C(=O)c1ccc(Oc2cccc(F)c2)cc1)[C@H]1COCc2[nH]c(=O)c3cc(F)c(F)cc3c21. The summed E-state index contributed by atoms with van der Waals surface area (Å²) in [6, 6.07) is 13.2. The monoisotopic (exact) mass is 480 g/mol. The summed E-state index contributed by atoms with van der Waals surface area (Å²) in [4.78, 5) is 29.8. The van der Waals surface area contributed by atoms with Crippen LogP contribution in [0.5, 0.6) is 11.5 Å². The minimum absolute atomic E-state index is 0.00532. The van der Waals surface area contributed by atoms with Gasteiger partial charge in [0.05, 0.1) is 24.6 Å². The van der Waals surface area contributed by atoms with Crippen molar-refractivity contribution in [3.63, 3.8) is 0 Å². The molecule has 0 saturated carbocycles. The number of amides is 1. The number of carbonyl (C=O) groups is 1. The molecule has 0 unspecified atom stereocenters. The molecule has 2 heterocycles. The lowest BCUT2D eigenvalue weighted by Gasteiger charge is -2.34. The highest BCUT2D eigenvalue weighted by atomic mass is 19.2. The quantitative estimate of drug-likeness (QED) is 0.442. The fourth-order valence-electron chi connectivity index (χ4n) is 4.22. The normalized spacial score (nSPS) is 15.0. The molecule has 0 fully saturated rings. The summed E-state index contributed by atoms with van der Waals surface area (Å²) in [7, 11) is 1.57. The van der Waals surface area contributed by atoms with E-state index in [1.165, 1.54) is 23.1 Å². The number of ether oxygens (including phenoxy) is 2. The number of nitrogens with one attached hydrogen (secondary N) is 1. The lowest BCUT2D eigenvalue weighted by atomic mass is 9.95.